The Labute approximate surface area is 110 Å². The minimum Gasteiger partial charge on any atom is -0.186 e. The maximum absolute atomic E-state index is 2.25. The van der Waals surface area contributed by atoms with Gasteiger partial charge in [-0.1, -0.05) is 46.1 Å². The second-order valence-electron chi connectivity index (χ2n) is 3.32. The topological polar surface area (TPSA) is 0 Å². The molecule has 1 rings (SSSR count). The van der Waals surface area contributed by atoms with Gasteiger partial charge in [0.15, 0.2) is 0 Å². The summed E-state index contributed by atoms with van der Waals surface area (Å²) in [5, 5.41) is 0. The van der Waals surface area contributed by atoms with Crippen molar-refractivity contribution >= 4 is 0 Å². The fraction of sp³-hybridized carbons (Fsp3) is 0.462. The Balaban J connectivity index is 0.00000169. The van der Waals surface area contributed by atoms with E-state index in [2.05, 4.69) is 45.0 Å². The van der Waals surface area contributed by atoms with Crippen molar-refractivity contribution in [2.45, 2.75) is 40.0 Å². The van der Waals surface area contributed by atoms with Gasteiger partial charge in [-0.2, -0.15) is 17.5 Å². The molecule has 1 aromatic carbocycles. The summed E-state index contributed by atoms with van der Waals surface area (Å²) in [6, 6.07) is 8.76. The van der Waals surface area contributed by atoms with Crippen molar-refractivity contribution in [3.63, 3.8) is 0 Å². The molecule has 0 aromatic heterocycles. The fourth-order valence-electron chi connectivity index (χ4n) is 1.80. The molecule has 1 aromatic rings. The molecule has 0 saturated carbocycles. The molecular weight excluding hydrogens is 179 g/mol. The average Bonchev–Trinajstić information content (AvgIpc) is 2.20. The van der Waals surface area contributed by atoms with Crippen LogP contribution < -0.4 is 29.6 Å². The normalized spacial score (nSPS) is 9.36. The van der Waals surface area contributed by atoms with Gasteiger partial charge in [-0.25, -0.2) is 0 Å². The standard InChI is InChI=1S/C13H19.Na/c1-4-11(5-2)13-10-8-7-9-12(13)6-3;/h7-10H,4-6H2,1-3H3;/q-1;+1. The monoisotopic (exact) mass is 198 g/mol. The summed E-state index contributed by atoms with van der Waals surface area (Å²) >= 11 is 0. The van der Waals surface area contributed by atoms with Gasteiger partial charge in [0.25, 0.3) is 0 Å². The van der Waals surface area contributed by atoms with Crippen molar-refractivity contribution < 1.29 is 29.6 Å². The Morgan fingerprint density at radius 2 is 1.57 bits per heavy atom. The third-order valence-corrected chi connectivity index (χ3v) is 2.63. The molecular formula is C13H19Na. The Morgan fingerprint density at radius 3 is 2.07 bits per heavy atom. The molecule has 0 aliphatic rings. The van der Waals surface area contributed by atoms with E-state index in [-0.39, 0.29) is 29.6 Å². The second-order valence-corrected chi connectivity index (χ2v) is 3.32. The number of rotatable bonds is 4. The Hall–Kier alpha value is 0.0900. The predicted molar refractivity (Wildman–Crippen MR) is 58.7 cm³/mol. The van der Waals surface area contributed by atoms with Crippen molar-refractivity contribution in [1.29, 1.82) is 0 Å². The van der Waals surface area contributed by atoms with E-state index in [0.717, 1.165) is 6.42 Å². The third kappa shape index (κ3) is 3.34. The van der Waals surface area contributed by atoms with Crippen molar-refractivity contribution in [3.8, 4) is 0 Å². The molecule has 0 bridgehead atoms. The summed E-state index contributed by atoms with van der Waals surface area (Å²) < 4.78 is 0. The van der Waals surface area contributed by atoms with E-state index in [0.29, 0.717) is 0 Å². The van der Waals surface area contributed by atoms with Crippen LogP contribution in [0.3, 0.4) is 0 Å². The minimum atomic E-state index is 0. The van der Waals surface area contributed by atoms with Gasteiger partial charge in [-0.3, -0.25) is 0 Å². The van der Waals surface area contributed by atoms with E-state index >= 15 is 0 Å². The average molecular weight is 198 g/mol. The molecule has 0 spiro atoms. The van der Waals surface area contributed by atoms with Crippen LogP contribution in [-0.4, -0.2) is 0 Å². The van der Waals surface area contributed by atoms with Crippen molar-refractivity contribution in [3.05, 3.63) is 41.3 Å². The van der Waals surface area contributed by atoms with Gasteiger partial charge < -0.3 is 0 Å². The number of hydrogen-bond acceptors (Lipinski definition) is 0. The molecule has 1 heteroatoms. The first-order valence-corrected chi connectivity index (χ1v) is 5.26. The molecule has 0 radical (unpaired) electrons. The van der Waals surface area contributed by atoms with Crippen molar-refractivity contribution in [2.75, 3.05) is 0 Å². The summed E-state index contributed by atoms with van der Waals surface area (Å²) in [6.45, 7) is 6.71. The molecule has 0 amide bonds. The number of hydrogen-bond donors (Lipinski definition) is 0. The van der Waals surface area contributed by atoms with E-state index in [4.69, 9.17) is 0 Å². The zero-order chi connectivity index (χ0) is 9.68. The first-order valence-electron chi connectivity index (χ1n) is 5.26. The molecule has 0 nitrogen and oxygen atoms in total. The summed E-state index contributed by atoms with van der Waals surface area (Å²) in [7, 11) is 0. The molecule has 72 valence electrons. The third-order valence-electron chi connectivity index (χ3n) is 2.63. The number of aryl methyl sites for hydroxylation is 1. The first-order chi connectivity index (χ1) is 6.33. The van der Waals surface area contributed by atoms with Gasteiger partial charge in [0, 0.05) is 0 Å². The molecule has 0 aliphatic carbocycles. The van der Waals surface area contributed by atoms with Crippen LogP contribution >= 0.6 is 0 Å². The van der Waals surface area contributed by atoms with Crippen LogP contribution in [0.1, 0.15) is 44.7 Å². The van der Waals surface area contributed by atoms with Crippen LogP contribution in [0, 0.1) is 5.92 Å². The van der Waals surface area contributed by atoms with Crippen LogP contribution in [0.2, 0.25) is 0 Å². The molecule has 0 N–H and O–H groups in total. The van der Waals surface area contributed by atoms with Crippen LogP contribution in [0.25, 0.3) is 0 Å². The molecule has 0 atom stereocenters. The predicted octanol–water partition coefficient (Wildman–Crippen LogP) is 0.996. The zero-order valence-corrected chi connectivity index (χ0v) is 11.9. The van der Waals surface area contributed by atoms with Crippen molar-refractivity contribution in [1.82, 2.24) is 0 Å². The first kappa shape index (κ1) is 14.1. The van der Waals surface area contributed by atoms with Gasteiger partial charge in [0.2, 0.25) is 0 Å². The summed E-state index contributed by atoms with van der Waals surface area (Å²) in [6.07, 6.45) is 3.49. The quantitative estimate of drug-likeness (QED) is 0.500. The van der Waals surface area contributed by atoms with Crippen LogP contribution in [0.5, 0.6) is 0 Å². The molecule has 0 heterocycles. The van der Waals surface area contributed by atoms with E-state index < -0.39 is 0 Å². The summed E-state index contributed by atoms with van der Waals surface area (Å²) in [4.78, 5) is 0. The molecule has 0 fully saturated rings. The Bertz CT molecular complexity index is 251. The summed E-state index contributed by atoms with van der Waals surface area (Å²) in [5.41, 5.74) is 2.97. The summed E-state index contributed by atoms with van der Waals surface area (Å²) in [5.74, 6) is 1.58. The SMILES string of the molecule is CCc1ccccc1[C-](CC)CC.[Na+]. The van der Waals surface area contributed by atoms with E-state index in [9.17, 15) is 0 Å². The van der Waals surface area contributed by atoms with Gasteiger partial charge in [-0.05, 0) is 0 Å². The fourth-order valence-corrected chi connectivity index (χ4v) is 1.80. The Morgan fingerprint density at radius 1 is 1.00 bits per heavy atom. The van der Waals surface area contributed by atoms with E-state index in [1.165, 1.54) is 24.0 Å². The minimum absolute atomic E-state index is 0. The molecule has 14 heavy (non-hydrogen) atoms. The van der Waals surface area contributed by atoms with Gasteiger partial charge in [-0.15, -0.1) is 17.7 Å². The van der Waals surface area contributed by atoms with Crippen LogP contribution in [-0.2, 0) is 6.42 Å². The Kier molecular flexibility index (Phi) is 7.44. The molecule has 0 aliphatic heterocycles. The van der Waals surface area contributed by atoms with Crippen LogP contribution in [0.4, 0.5) is 0 Å². The maximum Gasteiger partial charge on any atom is 1.00 e. The number of benzene rings is 1. The largest absolute Gasteiger partial charge is 1.00 e. The van der Waals surface area contributed by atoms with E-state index in [1.54, 1.807) is 5.92 Å². The second kappa shape index (κ2) is 7.39. The van der Waals surface area contributed by atoms with Gasteiger partial charge >= 0.3 is 29.6 Å². The molecule has 0 unspecified atom stereocenters. The van der Waals surface area contributed by atoms with Gasteiger partial charge in [0.05, 0.1) is 0 Å². The van der Waals surface area contributed by atoms with E-state index in [1.807, 2.05) is 0 Å². The van der Waals surface area contributed by atoms with Crippen molar-refractivity contribution in [2.24, 2.45) is 0 Å². The van der Waals surface area contributed by atoms with Gasteiger partial charge in [0.1, 0.15) is 0 Å². The molecule has 0 saturated heterocycles. The van der Waals surface area contributed by atoms with Crippen LogP contribution in [0.15, 0.2) is 24.3 Å². The maximum atomic E-state index is 2.25. The zero-order valence-electron chi connectivity index (χ0n) is 9.93. The smallest absolute Gasteiger partial charge is 0.186 e.